The van der Waals surface area contributed by atoms with Crippen molar-refractivity contribution in [2.24, 2.45) is 5.41 Å². The minimum Gasteiger partial charge on any atom is -0.361 e. The van der Waals surface area contributed by atoms with Gasteiger partial charge in [-0.2, -0.15) is 18.2 Å². The van der Waals surface area contributed by atoms with Gasteiger partial charge in [0.15, 0.2) is 0 Å². The molecule has 11 nitrogen and oxygen atoms in total. The van der Waals surface area contributed by atoms with Gasteiger partial charge in [0.25, 0.3) is 5.56 Å². The molecule has 2 N–H and O–H groups in total. The average Bonchev–Trinajstić information content (AvgIpc) is 3.36. The van der Waals surface area contributed by atoms with Crippen molar-refractivity contribution < 1.29 is 22.6 Å². The number of nitrogens with one attached hydrogen (secondary N) is 2. The SMILES string of the molecule is Cc1nc(N2CC3(CCN(c4nc(NC5CCCCO5)c(C=N)c(=O)n4COCC[Si](C)(C)C)C3)C2)cc(C(F)(F)F)n1. The molecule has 2 aromatic heterocycles. The van der Waals surface area contributed by atoms with Crippen LogP contribution in [0.25, 0.3) is 0 Å². The third-order valence-corrected chi connectivity index (χ3v) is 9.94. The lowest BCUT2D eigenvalue weighted by Crippen LogP contribution is -2.58. The molecule has 0 radical (unpaired) electrons. The highest BCUT2D eigenvalue weighted by Gasteiger charge is 2.49. The smallest absolute Gasteiger partial charge is 0.361 e. The first-order valence-electron chi connectivity index (χ1n) is 14.8. The largest absolute Gasteiger partial charge is 0.433 e. The first kappa shape index (κ1) is 31.4. The lowest BCUT2D eigenvalue weighted by Gasteiger charge is -2.48. The molecular formula is C28H41F3N8O3Si. The summed E-state index contributed by atoms with van der Waals surface area (Å²) in [7, 11) is -1.34. The molecule has 0 bridgehead atoms. The number of halogens is 3. The van der Waals surface area contributed by atoms with Gasteiger partial charge in [0, 0.05) is 65.2 Å². The van der Waals surface area contributed by atoms with E-state index in [0.29, 0.717) is 51.2 Å². The van der Waals surface area contributed by atoms with E-state index in [1.807, 2.05) is 9.80 Å². The van der Waals surface area contributed by atoms with Crippen LogP contribution in [-0.4, -0.2) is 79.4 Å². The summed E-state index contributed by atoms with van der Waals surface area (Å²) in [4.78, 5) is 30.3. The number of aryl methyl sites for hydroxylation is 1. The molecule has 5 rings (SSSR count). The summed E-state index contributed by atoms with van der Waals surface area (Å²) in [5.74, 6) is 1.11. The molecule has 43 heavy (non-hydrogen) atoms. The summed E-state index contributed by atoms with van der Waals surface area (Å²) >= 11 is 0. The van der Waals surface area contributed by atoms with Gasteiger partial charge in [-0.1, -0.05) is 19.6 Å². The first-order valence-corrected chi connectivity index (χ1v) is 18.5. The van der Waals surface area contributed by atoms with Gasteiger partial charge >= 0.3 is 6.18 Å². The molecule has 3 saturated heterocycles. The maximum Gasteiger partial charge on any atom is 0.433 e. The molecule has 3 aliphatic heterocycles. The van der Waals surface area contributed by atoms with E-state index in [0.717, 1.165) is 44.0 Å². The van der Waals surface area contributed by atoms with Gasteiger partial charge in [0.1, 0.15) is 41.7 Å². The van der Waals surface area contributed by atoms with Crippen LogP contribution < -0.4 is 20.7 Å². The van der Waals surface area contributed by atoms with Crippen LogP contribution in [0.5, 0.6) is 0 Å². The highest BCUT2D eigenvalue weighted by molar-refractivity contribution is 6.76. The molecule has 1 spiro atoms. The molecule has 1 atom stereocenters. The minimum absolute atomic E-state index is 0.0166. The predicted octanol–water partition coefficient (Wildman–Crippen LogP) is 4.33. The van der Waals surface area contributed by atoms with Gasteiger partial charge in [-0.05, 0) is 38.7 Å². The zero-order valence-electron chi connectivity index (χ0n) is 25.3. The van der Waals surface area contributed by atoms with Crippen molar-refractivity contribution in [2.45, 2.75) is 77.4 Å². The molecule has 15 heteroatoms. The van der Waals surface area contributed by atoms with E-state index in [2.05, 4.69) is 34.9 Å². The molecule has 236 valence electrons. The van der Waals surface area contributed by atoms with E-state index < -0.39 is 19.9 Å². The summed E-state index contributed by atoms with van der Waals surface area (Å²) < 4.78 is 53.4. The van der Waals surface area contributed by atoms with Crippen molar-refractivity contribution in [3.8, 4) is 0 Å². The Morgan fingerprint density at radius 2 is 1.93 bits per heavy atom. The molecule has 3 fully saturated rings. The van der Waals surface area contributed by atoms with Crippen molar-refractivity contribution >= 4 is 31.9 Å². The average molecular weight is 623 g/mol. The van der Waals surface area contributed by atoms with Gasteiger partial charge < -0.3 is 30.0 Å². The Bertz CT molecular complexity index is 1390. The fourth-order valence-electron chi connectivity index (χ4n) is 5.85. The minimum atomic E-state index is -4.54. The second-order valence-electron chi connectivity index (χ2n) is 13.1. The summed E-state index contributed by atoms with van der Waals surface area (Å²) in [6.07, 6.45) is -0.280. The van der Waals surface area contributed by atoms with E-state index in [9.17, 15) is 18.0 Å². The maximum absolute atomic E-state index is 13.7. The van der Waals surface area contributed by atoms with E-state index in [-0.39, 0.29) is 41.1 Å². The second-order valence-corrected chi connectivity index (χ2v) is 18.7. The second kappa shape index (κ2) is 12.2. The zero-order valence-corrected chi connectivity index (χ0v) is 26.3. The number of hydrogen-bond donors (Lipinski definition) is 2. The quantitative estimate of drug-likeness (QED) is 0.227. The summed E-state index contributed by atoms with van der Waals surface area (Å²) in [6, 6.07) is 1.95. The number of nitrogens with zero attached hydrogens (tertiary/aromatic N) is 6. The van der Waals surface area contributed by atoms with Crippen LogP contribution >= 0.6 is 0 Å². The van der Waals surface area contributed by atoms with Crippen LogP contribution in [0.2, 0.25) is 25.7 Å². The van der Waals surface area contributed by atoms with Crippen molar-refractivity contribution in [3.05, 3.63) is 33.5 Å². The molecule has 0 aliphatic carbocycles. The summed E-state index contributed by atoms with van der Waals surface area (Å²) in [6.45, 7) is 11.7. The van der Waals surface area contributed by atoms with Crippen LogP contribution in [0, 0.1) is 17.7 Å². The van der Waals surface area contributed by atoms with Crippen LogP contribution in [-0.2, 0) is 22.4 Å². The van der Waals surface area contributed by atoms with E-state index in [4.69, 9.17) is 19.9 Å². The lowest BCUT2D eigenvalue weighted by molar-refractivity contribution is -0.141. The topological polar surface area (TPSA) is 121 Å². The van der Waals surface area contributed by atoms with Crippen LogP contribution in [0.3, 0.4) is 0 Å². The Labute approximate surface area is 250 Å². The summed E-state index contributed by atoms with van der Waals surface area (Å²) in [5.41, 5.74) is -1.34. The number of hydrogen-bond acceptors (Lipinski definition) is 10. The molecule has 0 amide bonds. The van der Waals surface area contributed by atoms with Crippen molar-refractivity contribution in [1.82, 2.24) is 19.5 Å². The van der Waals surface area contributed by atoms with Gasteiger partial charge in [-0.3, -0.25) is 9.36 Å². The molecule has 3 aliphatic rings. The first-order chi connectivity index (χ1) is 20.3. The Kier molecular flexibility index (Phi) is 8.87. The number of anilines is 3. The zero-order chi connectivity index (χ0) is 31.0. The fraction of sp³-hybridized carbons (Fsp3) is 0.679. The molecular weight excluding hydrogens is 581 g/mol. The Hall–Kier alpha value is -3.04. The highest BCUT2D eigenvalue weighted by Crippen LogP contribution is 2.43. The Morgan fingerprint density at radius 1 is 1.19 bits per heavy atom. The highest BCUT2D eigenvalue weighted by atomic mass is 28.3. The van der Waals surface area contributed by atoms with Gasteiger partial charge in [0.05, 0.1) is 0 Å². The van der Waals surface area contributed by atoms with Gasteiger partial charge in [-0.25, -0.2) is 9.97 Å². The van der Waals surface area contributed by atoms with Crippen molar-refractivity contribution in [1.29, 1.82) is 5.41 Å². The van der Waals surface area contributed by atoms with E-state index >= 15 is 0 Å². The normalized spacial score (nSPS) is 20.4. The third-order valence-electron chi connectivity index (χ3n) is 8.23. The standard InChI is InChI=1S/C28H41F3N8O3Si/c1-19-33-21(28(29,30)31)13-22(34-19)38-16-27(17-38)8-9-37(15-27)26-36-24(35-23-7-5-6-10-42-23)20(14-32)25(40)39(26)18-41-11-12-43(2,3)4/h13-14,23,32,35H,5-12,15-18H2,1-4H3. The number of ether oxygens (including phenoxy) is 2. The molecule has 0 aromatic carbocycles. The van der Waals surface area contributed by atoms with Gasteiger partial charge in [0.2, 0.25) is 5.95 Å². The third kappa shape index (κ3) is 7.20. The monoisotopic (exact) mass is 622 g/mol. The molecule has 1 unspecified atom stereocenters. The number of rotatable bonds is 10. The Balaban J connectivity index is 1.38. The number of alkyl halides is 3. The Morgan fingerprint density at radius 3 is 2.58 bits per heavy atom. The molecule has 0 saturated carbocycles. The maximum atomic E-state index is 13.7. The molecule has 2 aromatic rings. The van der Waals surface area contributed by atoms with Crippen molar-refractivity contribution in [2.75, 3.05) is 54.5 Å². The predicted molar refractivity (Wildman–Crippen MR) is 161 cm³/mol. The van der Waals surface area contributed by atoms with Crippen LogP contribution in [0.4, 0.5) is 30.8 Å². The van der Waals surface area contributed by atoms with Crippen LogP contribution in [0.15, 0.2) is 10.9 Å². The fourth-order valence-corrected chi connectivity index (χ4v) is 6.60. The molecule has 5 heterocycles. The van der Waals surface area contributed by atoms with Crippen LogP contribution in [0.1, 0.15) is 42.8 Å². The van der Waals surface area contributed by atoms with Crippen molar-refractivity contribution in [3.63, 3.8) is 0 Å². The number of aromatic nitrogens is 4. The lowest BCUT2D eigenvalue weighted by atomic mass is 9.79. The van der Waals surface area contributed by atoms with Gasteiger partial charge in [-0.15, -0.1) is 0 Å². The summed E-state index contributed by atoms with van der Waals surface area (Å²) in [5, 5.41) is 11.2. The van der Waals surface area contributed by atoms with E-state index in [1.54, 1.807) is 0 Å². The van der Waals surface area contributed by atoms with E-state index in [1.165, 1.54) is 11.5 Å².